The van der Waals surface area contributed by atoms with Gasteiger partial charge in [0.05, 0.1) is 5.52 Å². The smallest absolute Gasteiger partial charge is 0.223 e. The van der Waals surface area contributed by atoms with Crippen molar-refractivity contribution < 1.29 is 4.79 Å². The van der Waals surface area contributed by atoms with Crippen LogP contribution in [0.1, 0.15) is 12.8 Å². The Morgan fingerprint density at radius 2 is 2.17 bits per heavy atom. The Bertz CT molecular complexity index is 562. The third kappa shape index (κ3) is 2.46. The number of nitrogens with one attached hydrogen (secondary N) is 2. The highest BCUT2D eigenvalue weighted by atomic mass is 32.1. The number of hydrogen-bond acceptors (Lipinski definition) is 4. The predicted molar refractivity (Wildman–Crippen MR) is 73.8 cm³/mol. The minimum Gasteiger partial charge on any atom is -0.373 e. The number of amides is 1. The number of carbonyl (C=O) groups is 1. The van der Waals surface area contributed by atoms with Crippen molar-refractivity contribution in [2.75, 3.05) is 18.4 Å². The normalized spacial score (nSPS) is 14.7. The maximum atomic E-state index is 11.4. The van der Waals surface area contributed by atoms with Gasteiger partial charge in [-0.1, -0.05) is 12.1 Å². The quantitative estimate of drug-likeness (QED) is 0.812. The van der Waals surface area contributed by atoms with Gasteiger partial charge in [0.25, 0.3) is 0 Å². The van der Waals surface area contributed by atoms with Crippen molar-refractivity contribution in [3.63, 3.8) is 0 Å². The summed E-state index contributed by atoms with van der Waals surface area (Å²) in [5, 5.41) is 8.49. The van der Waals surface area contributed by atoms with Gasteiger partial charge in [-0.3, -0.25) is 4.79 Å². The van der Waals surface area contributed by atoms with Gasteiger partial charge in [0, 0.05) is 24.4 Å². The number of carbonyl (C=O) groups excluding carboxylic acids is 1. The summed E-state index contributed by atoms with van der Waals surface area (Å²) in [6, 6.07) is 8.06. The van der Waals surface area contributed by atoms with E-state index in [9.17, 15) is 4.79 Å². The Morgan fingerprint density at radius 1 is 1.33 bits per heavy atom. The molecule has 2 aromatic rings. The Balaban J connectivity index is 1.52. The second-order valence-corrected chi connectivity index (χ2v) is 5.29. The molecular formula is C13H15N3OS. The van der Waals surface area contributed by atoms with Gasteiger partial charge in [0.15, 0.2) is 0 Å². The number of anilines is 1. The second kappa shape index (κ2) is 4.94. The van der Waals surface area contributed by atoms with Crippen molar-refractivity contribution in [1.29, 1.82) is 0 Å². The first kappa shape index (κ1) is 11.5. The highest BCUT2D eigenvalue weighted by molar-refractivity contribution is 7.11. The van der Waals surface area contributed by atoms with Gasteiger partial charge in [-0.05, 0) is 36.5 Å². The molecule has 0 unspecified atom stereocenters. The number of rotatable bonds is 5. The predicted octanol–water partition coefficient (Wildman–Crippen LogP) is 2.23. The average Bonchev–Trinajstić information content (AvgIpc) is 3.17. The summed E-state index contributed by atoms with van der Waals surface area (Å²) < 4.78 is 4.36. The lowest BCUT2D eigenvalue weighted by Gasteiger charge is -2.05. The lowest BCUT2D eigenvalue weighted by Crippen LogP contribution is -2.29. The van der Waals surface area contributed by atoms with Crippen LogP contribution >= 0.6 is 11.5 Å². The van der Waals surface area contributed by atoms with Crippen LogP contribution in [0.2, 0.25) is 0 Å². The standard InChI is InChI=1S/C13H15N3OS/c17-12(9-5-6-9)14-7-8-15-13-10-3-1-2-4-11(10)16-18-13/h1-4,9,15H,5-8H2,(H,14,17). The molecule has 1 amide bonds. The number of nitrogens with zero attached hydrogens (tertiary/aromatic N) is 1. The zero-order valence-electron chi connectivity index (χ0n) is 9.98. The summed E-state index contributed by atoms with van der Waals surface area (Å²) in [6.07, 6.45) is 2.11. The molecule has 1 aromatic heterocycles. The molecule has 1 aliphatic carbocycles. The fourth-order valence-corrected chi connectivity index (χ4v) is 2.65. The van der Waals surface area contributed by atoms with E-state index in [2.05, 4.69) is 21.1 Å². The summed E-state index contributed by atoms with van der Waals surface area (Å²) in [7, 11) is 0. The Labute approximate surface area is 110 Å². The van der Waals surface area contributed by atoms with Crippen LogP contribution < -0.4 is 10.6 Å². The van der Waals surface area contributed by atoms with E-state index in [1.54, 1.807) is 0 Å². The molecule has 3 rings (SSSR count). The first-order valence-electron chi connectivity index (χ1n) is 6.20. The minimum atomic E-state index is 0.200. The topological polar surface area (TPSA) is 54.0 Å². The van der Waals surface area contributed by atoms with Crippen molar-refractivity contribution in [1.82, 2.24) is 9.69 Å². The van der Waals surface area contributed by atoms with E-state index >= 15 is 0 Å². The van der Waals surface area contributed by atoms with Gasteiger partial charge in [0.1, 0.15) is 5.00 Å². The van der Waals surface area contributed by atoms with E-state index in [0.717, 1.165) is 35.3 Å². The molecule has 0 atom stereocenters. The molecule has 1 fully saturated rings. The molecule has 1 aromatic carbocycles. The molecule has 0 saturated heterocycles. The summed E-state index contributed by atoms with van der Waals surface area (Å²) in [5.74, 6) is 0.486. The third-order valence-electron chi connectivity index (χ3n) is 3.04. The van der Waals surface area contributed by atoms with E-state index in [-0.39, 0.29) is 11.8 Å². The molecule has 1 saturated carbocycles. The fraction of sp³-hybridized carbons (Fsp3) is 0.385. The highest BCUT2D eigenvalue weighted by Crippen LogP contribution is 2.29. The van der Waals surface area contributed by atoms with Gasteiger partial charge in [-0.2, -0.15) is 4.37 Å². The monoisotopic (exact) mass is 261 g/mol. The van der Waals surface area contributed by atoms with Crippen molar-refractivity contribution in [3.8, 4) is 0 Å². The number of aromatic nitrogens is 1. The Hall–Kier alpha value is -1.62. The van der Waals surface area contributed by atoms with E-state index < -0.39 is 0 Å². The van der Waals surface area contributed by atoms with Crippen molar-refractivity contribution in [3.05, 3.63) is 24.3 Å². The molecular weight excluding hydrogens is 246 g/mol. The first-order valence-corrected chi connectivity index (χ1v) is 6.98. The van der Waals surface area contributed by atoms with Gasteiger partial charge in [0.2, 0.25) is 5.91 Å². The molecule has 18 heavy (non-hydrogen) atoms. The van der Waals surface area contributed by atoms with Crippen LogP contribution in [-0.4, -0.2) is 23.4 Å². The molecule has 0 radical (unpaired) electrons. The number of hydrogen-bond donors (Lipinski definition) is 2. The van der Waals surface area contributed by atoms with E-state index in [1.165, 1.54) is 11.5 Å². The number of fused-ring (bicyclic) bond motifs is 1. The lowest BCUT2D eigenvalue weighted by molar-refractivity contribution is -0.122. The zero-order valence-corrected chi connectivity index (χ0v) is 10.8. The van der Waals surface area contributed by atoms with E-state index in [0.29, 0.717) is 6.54 Å². The van der Waals surface area contributed by atoms with Crippen molar-refractivity contribution in [2.45, 2.75) is 12.8 Å². The van der Waals surface area contributed by atoms with Crippen LogP contribution in [-0.2, 0) is 4.79 Å². The lowest BCUT2D eigenvalue weighted by atomic mass is 10.2. The Kier molecular flexibility index (Phi) is 3.15. The zero-order chi connectivity index (χ0) is 12.4. The van der Waals surface area contributed by atoms with Crippen LogP contribution in [0.5, 0.6) is 0 Å². The molecule has 2 N–H and O–H groups in total. The Morgan fingerprint density at radius 3 is 3.00 bits per heavy atom. The average molecular weight is 261 g/mol. The van der Waals surface area contributed by atoms with Crippen LogP contribution in [0.25, 0.3) is 10.9 Å². The van der Waals surface area contributed by atoms with Crippen molar-refractivity contribution >= 4 is 33.3 Å². The molecule has 0 spiro atoms. The minimum absolute atomic E-state index is 0.200. The van der Waals surface area contributed by atoms with Crippen LogP contribution in [0.15, 0.2) is 24.3 Å². The highest BCUT2D eigenvalue weighted by Gasteiger charge is 2.28. The summed E-state index contributed by atoms with van der Waals surface area (Å²) in [5.41, 5.74) is 1.02. The van der Waals surface area contributed by atoms with Crippen LogP contribution in [0.3, 0.4) is 0 Å². The first-order chi connectivity index (χ1) is 8.84. The number of benzene rings is 1. The molecule has 0 aliphatic heterocycles. The van der Waals surface area contributed by atoms with Gasteiger partial charge < -0.3 is 10.6 Å². The van der Waals surface area contributed by atoms with E-state index in [1.807, 2.05) is 18.2 Å². The third-order valence-corrected chi connectivity index (χ3v) is 3.88. The fourth-order valence-electron chi connectivity index (χ4n) is 1.87. The van der Waals surface area contributed by atoms with Crippen LogP contribution in [0.4, 0.5) is 5.00 Å². The van der Waals surface area contributed by atoms with Gasteiger partial charge in [-0.25, -0.2) is 0 Å². The maximum absolute atomic E-state index is 11.4. The van der Waals surface area contributed by atoms with Gasteiger partial charge in [-0.15, -0.1) is 0 Å². The SMILES string of the molecule is O=C(NCCNc1snc2ccccc12)C1CC1. The molecule has 0 bridgehead atoms. The summed E-state index contributed by atoms with van der Waals surface area (Å²) in [6.45, 7) is 1.41. The molecule has 5 heteroatoms. The molecule has 4 nitrogen and oxygen atoms in total. The summed E-state index contributed by atoms with van der Waals surface area (Å²) in [4.78, 5) is 11.4. The molecule has 1 aliphatic rings. The largest absolute Gasteiger partial charge is 0.373 e. The summed E-state index contributed by atoms with van der Waals surface area (Å²) >= 11 is 1.47. The van der Waals surface area contributed by atoms with Gasteiger partial charge >= 0.3 is 0 Å². The van der Waals surface area contributed by atoms with Crippen LogP contribution in [0, 0.1) is 5.92 Å². The molecule has 94 valence electrons. The van der Waals surface area contributed by atoms with Crippen molar-refractivity contribution in [2.24, 2.45) is 5.92 Å². The maximum Gasteiger partial charge on any atom is 0.223 e. The van der Waals surface area contributed by atoms with E-state index in [4.69, 9.17) is 0 Å². The second-order valence-electron chi connectivity index (χ2n) is 4.52. The molecule has 1 heterocycles.